The Bertz CT molecular complexity index is 772. The van der Waals surface area contributed by atoms with E-state index in [1.165, 1.54) is 0 Å². The van der Waals surface area contributed by atoms with Gasteiger partial charge in [-0.1, -0.05) is 12.1 Å². The van der Waals surface area contributed by atoms with Crippen LogP contribution < -0.4 is 10.6 Å². The molecule has 1 aromatic carbocycles. The minimum atomic E-state index is -1.22. The Hall–Kier alpha value is -2.78. The van der Waals surface area contributed by atoms with E-state index >= 15 is 0 Å². The first-order valence-electron chi connectivity index (χ1n) is 7.62. The molecule has 1 aromatic heterocycles. The Labute approximate surface area is 141 Å². The van der Waals surface area contributed by atoms with Gasteiger partial charge in [0.15, 0.2) is 0 Å². The van der Waals surface area contributed by atoms with Gasteiger partial charge in [0.25, 0.3) is 0 Å². The van der Waals surface area contributed by atoms with Gasteiger partial charge in [-0.05, 0) is 44.5 Å². The summed E-state index contributed by atoms with van der Waals surface area (Å²) in [7, 11) is 0. The summed E-state index contributed by atoms with van der Waals surface area (Å²) in [4.78, 5) is 11.9. The van der Waals surface area contributed by atoms with E-state index in [2.05, 4.69) is 16.7 Å². The molecule has 0 saturated heterocycles. The van der Waals surface area contributed by atoms with Gasteiger partial charge in [0, 0.05) is 12.1 Å². The summed E-state index contributed by atoms with van der Waals surface area (Å²) in [5.74, 6) is 1.35. The van der Waals surface area contributed by atoms with Crippen LogP contribution in [0.15, 0.2) is 34.7 Å². The van der Waals surface area contributed by atoms with Crippen LogP contribution in [0.2, 0.25) is 0 Å². The van der Waals surface area contributed by atoms with Crippen molar-refractivity contribution < 1.29 is 14.3 Å². The standard InChI is InChI=1S/C18H21N3O3/c1-12-7-16(13(2)24-12)18(3,23)11-21-17(22)20-10-15-6-4-5-14(8-15)9-19/h4-8,23H,10-11H2,1-3H3,(H2,20,21,22)/t18-/m0/s1. The van der Waals surface area contributed by atoms with Crippen LogP contribution in [-0.2, 0) is 12.1 Å². The molecule has 0 aliphatic carbocycles. The number of aryl methyl sites for hydroxylation is 2. The Balaban J connectivity index is 1.88. The van der Waals surface area contributed by atoms with Gasteiger partial charge in [-0.15, -0.1) is 0 Å². The minimum absolute atomic E-state index is 0.0525. The molecule has 6 nitrogen and oxygen atoms in total. The van der Waals surface area contributed by atoms with Crippen molar-refractivity contribution in [2.24, 2.45) is 0 Å². The third-order valence-corrected chi connectivity index (χ3v) is 3.72. The molecule has 0 aliphatic rings. The lowest BCUT2D eigenvalue weighted by Gasteiger charge is -2.23. The summed E-state index contributed by atoms with van der Waals surface area (Å²) in [5.41, 5.74) is 0.808. The normalized spacial score (nSPS) is 13.0. The van der Waals surface area contributed by atoms with E-state index in [1.807, 2.05) is 13.0 Å². The van der Waals surface area contributed by atoms with Crippen molar-refractivity contribution in [1.29, 1.82) is 5.26 Å². The molecule has 0 saturated carbocycles. The van der Waals surface area contributed by atoms with Gasteiger partial charge in [-0.3, -0.25) is 0 Å². The van der Waals surface area contributed by atoms with Crippen molar-refractivity contribution in [1.82, 2.24) is 10.6 Å². The highest BCUT2D eigenvalue weighted by atomic mass is 16.3. The molecule has 1 atom stereocenters. The number of nitrogens with zero attached hydrogens (tertiary/aromatic N) is 1. The highest BCUT2D eigenvalue weighted by Gasteiger charge is 2.28. The largest absolute Gasteiger partial charge is 0.466 e. The third kappa shape index (κ3) is 4.37. The fourth-order valence-electron chi connectivity index (χ4n) is 2.51. The summed E-state index contributed by atoms with van der Waals surface area (Å²) in [6.07, 6.45) is 0. The minimum Gasteiger partial charge on any atom is -0.466 e. The molecule has 3 N–H and O–H groups in total. The summed E-state index contributed by atoms with van der Waals surface area (Å²) < 4.78 is 5.42. The van der Waals surface area contributed by atoms with Crippen molar-refractivity contribution >= 4 is 6.03 Å². The molecule has 0 spiro atoms. The molecular weight excluding hydrogens is 306 g/mol. The van der Waals surface area contributed by atoms with Crippen molar-refractivity contribution in [3.8, 4) is 6.07 Å². The maximum atomic E-state index is 11.9. The second-order valence-electron chi connectivity index (χ2n) is 5.95. The number of nitrogens with one attached hydrogen (secondary N) is 2. The quantitative estimate of drug-likeness (QED) is 0.785. The number of urea groups is 1. The molecule has 0 aliphatic heterocycles. The lowest BCUT2D eigenvalue weighted by molar-refractivity contribution is 0.0579. The third-order valence-electron chi connectivity index (χ3n) is 3.72. The molecule has 6 heteroatoms. The molecule has 2 amide bonds. The Kier molecular flexibility index (Phi) is 5.27. The van der Waals surface area contributed by atoms with Crippen LogP contribution in [0.4, 0.5) is 4.79 Å². The van der Waals surface area contributed by atoms with E-state index in [9.17, 15) is 9.90 Å². The average molecular weight is 327 g/mol. The Morgan fingerprint density at radius 3 is 2.71 bits per heavy atom. The van der Waals surface area contributed by atoms with Gasteiger partial charge in [-0.2, -0.15) is 5.26 Å². The monoisotopic (exact) mass is 327 g/mol. The topological polar surface area (TPSA) is 98.3 Å². The van der Waals surface area contributed by atoms with E-state index in [0.29, 0.717) is 29.2 Å². The second kappa shape index (κ2) is 7.20. The van der Waals surface area contributed by atoms with Crippen molar-refractivity contribution in [2.75, 3.05) is 6.54 Å². The van der Waals surface area contributed by atoms with E-state index in [0.717, 1.165) is 5.56 Å². The summed E-state index contributed by atoms with van der Waals surface area (Å²) in [5, 5.41) is 24.8. The van der Waals surface area contributed by atoms with Crippen molar-refractivity contribution in [3.63, 3.8) is 0 Å². The molecule has 0 bridgehead atoms. The summed E-state index contributed by atoms with van der Waals surface area (Å²) in [6.45, 7) is 5.56. The first-order valence-corrected chi connectivity index (χ1v) is 7.62. The van der Waals surface area contributed by atoms with Gasteiger partial charge < -0.3 is 20.2 Å². The van der Waals surface area contributed by atoms with Crippen LogP contribution in [-0.4, -0.2) is 17.7 Å². The molecule has 2 rings (SSSR count). The first-order chi connectivity index (χ1) is 11.3. The van der Waals surface area contributed by atoms with E-state index in [1.54, 1.807) is 38.1 Å². The van der Waals surface area contributed by atoms with Crippen LogP contribution >= 0.6 is 0 Å². The fourth-order valence-corrected chi connectivity index (χ4v) is 2.51. The molecule has 126 valence electrons. The lowest BCUT2D eigenvalue weighted by atomic mass is 9.96. The van der Waals surface area contributed by atoms with Crippen LogP contribution in [0, 0.1) is 25.2 Å². The van der Waals surface area contributed by atoms with E-state index < -0.39 is 11.6 Å². The number of amides is 2. The molecule has 2 aromatic rings. The molecular formula is C18H21N3O3. The number of carbonyl (C=O) groups is 1. The molecule has 1 heterocycles. The highest BCUT2D eigenvalue weighted by Crippen LogP contribution is 2.26. The highest BCUT2D eigenvalue weighted by molar-refractivity contribution is 5.74. The Morgan fingerprint density at radius 2 is 2.08 bits per heavy atom. The van der Waals surface area contributed by atoms with Crippen LogP contribution in [0.3, 0.4) is 0 Å². The maximum Gasteiger partial charge on any atom is 0.315 e. The van der Waals surface area contributed by atoms with Gasteiger partial charge in [0.05, 0.1) is 18.2 Å². The molecule has 24 heavy (non-hydrogen) atoms. The molecule has 0 radical (unpaired) electrons. The number of furan rings is 1. The van der Waals surface area contributed by atoms with Gasteiger partial charge in [-0.25, -0.2) is 4.79 Å². The predicted octanol–water partition coefficient (Wildman–Crippen LogP) is 2.48. The predicted molar refractivity (Wildman–Crippen MR) is 89.1 cm³/mol. The molecule has 0 unspecified atom stereocenters. The number of benzene rings is 1. The van der Waals surface area contributed by atoms with Gasteiger partial charge >= 0.3 is 6.03 Å². The number of nitriles is 1. The number of aliphatic hydroxyl groups is 1. The number of hydrogen-bond donors (Lipinski definition) is 3. The van der Waals surface area contributed by atoms with Crippen LogP contribution in [0.5, 0.6) is 0 Å². The summed E-state index contributed by atoms with van der Waals surface area (Å²) in [6, 6.07) is 10.4. The van der Waals surface area contributed by atoms with Crippen molar-refractivity contribution in [3.05, 3.63) is 58.5 Å². The number of rotatable bonds is 5. The number of hydrogen-bond acceptors (Lipinski definition) is 4. The second-order valence-corrected chi connectivity index (χ2v) is 5.95. The van der Waals surface area contributed by atoms with Crippen LogP contribution in [0.25, 0.3) is 0 Å². The van der Waals surface area contributed by atoms with E-state index in [-0.39, 0.29) is 6.54 Å². The van der Waals surface area contributed by atoms with Crippen molar-refractivity contribution in [2.45, 2.75) is 32.9 Å². The number of carbonyl (C=O) groups excluding carboxylic acids is 1. The van der Waals surface area contributed by atoms with Gasteiger partial charge in [0.1, 0.15) is 17.1 Å². The molecule has 0 fully saturated rings. The Morgan fingerprint density at radius 1 is 1.33 bits per heavy atom. The zero-order chi connectivity index (χ0) is 17.7. The van der Waals surface area contributed by atoms with Gasteiger partial charge in [0.2, 0.25) is 0 Å². The van der Waals surface area contributed by atoms with Crippen LogP contribution in [0.1, 0.15) is 35.1 Å². The first kappa shape index (κ1) is 17.6. The average Bonchev–Trinajstić information content (AvgIpc) is 2.90. The summed E-state index contributed by atoms with van der Waals surface area (Å²) >= 11 is 0. The SMILES string of the molecule is Cc1cc([C@@](C)(O)CNC(=O)NCc2cccc(C#N)c2)c(C)o1. The zero-order valence-corrected chi connectivity index (χ0v) is 14.0. The van der Waals surface area contributed by atoms with E-state index in [4.69, 9.17) is 9.68 Å². The zero-order valence-electron chi connectivity index (χ0n) is 14.0. The lowest BCUT2D eigenvalue weighted by Crippen LogP contribution is -2.43. The maximum absolute atomic E-state index is 11.9. The fraction of sp³-hybridized carbons (Fsp3) is 0.333. The smallest absolute Gasteiger partial charge is 0.315 e.